The van der Waals surface area contributed by atoms with Gasteiger partial charge in [0.15, 0.2) is 0 Å². The first-order valence-electron chi connectivity index (χ1n) is 10.7. The first-order chi connectivity index (χ1) is 10.9. The number of hydrogen-bond acceptors (Lipinski definition) is 0. The Morgan fingerprint density at radius 3 is 1.00 bits per heavy atom. The molecule has 0 saturated heterocycles. The molecule has 0 bridgehead atoms. The maximum atomic E-state index is 1.77. The van der Waals surface area contributed by atoms with Crippen molar-refractivity contribution in [3.8, 4) is 0 Å². The van der Waals surface area contributed by atoms with Crippen LogP contribution in [0.5, 0.6) is 0 Å². The van der Waals surface area contributed by atoms with Crippen LogP contribution in [0.25, 0.3) is 0 Å². The van der Waals surface area contributed by atoms with Gasteiger partial charge >= 0.3 is 147 Å². The van der Waals surface area contributed by atoms with Crippen molar-refractivity contribution in [2.75, 3.05) is 0 Å². The van der Waals surface area contributed by atoms with Gasteiger partial charge < -0.3 is 0 Å². The molecule has 0 spiro atoms. The molecule has 0 heterocycles. The summed E-state index contributed by atoms with van der Waals surface area (Å²) in [6.45, 7) is 0. The fraction of sp³-hybridized carbons (Fsp3) is 1.00. The van der Waals surface area contributed by atoms with Crippen molar-refractivity contribution in [3.05, 3.63) is 0 Å². The summed E-state index contributed by atoms with van der Waals surface area (Å²) < 4.78 is 5.31. The van der Waals surface area contributed by atoms with Crippen LogP contribution in [0.4, 0.5) is 0 Å². The Morgan fingerprint density at radius 1 is 0.455 bits per heavy atom. The summed E-state index contributed by atoms with van der Waals surface area (Å²) >= 11 is -1.02. The Balaban J connectivity index is 1.38. The molecule has 22 heavy (non-hydrogen) atoms. The molecular formula is C21H39Sn+. The van der Waals surface area contributed by atoms with Crippen LogP contribution in [0.15, 0.2) is 0 Å². The Bertz CT molecular complexity index is 235. The van der Waals surface area contributed by atoms with E-state index in [0.717, 1.165) is 17.8 Å². The molecule has 0 nitrogen and oxygen atoms in total. The molecule has 3 fully saturated rings. The standard InChI is InChI=1S/3C7H13.Sn/c3*1-2-7-5-3-4-6-7;/h3*7H,1-6H2;/q;;;+1. The summed E-state index contributed by atoms with van der Waals surface area (Å²) in [6.07, 6.45) is 23.8. The maximum absolute atomic E-state index is 1.77. The van der Waals surface area contributed by atoms with E-state index in [1.165, 1.54) is 0 Å². The Morgan fingerprint density at radius 2 is 0.727 bits per heavy atom. The Kier molecular flexibility index (Phi) is 7.96. The molecule has 126 valence electrons. The van der Waals surface area contributed by atoms with Crippen LogP contribution in [-0.4, -0.2) is 19.8 Å². The molecule has 3 aliphatic carbocycles. The van der Waals surface area contributed by atoms with E-state index in [0.29, 0.717) is 0 Å². The summed E-state index contributed by atoms with van der Waals surface area (Å²) in [6, 6.07) is 0. The molecule has 3 saturated carbocycles. The van der Waals surface area contributed by atoms with Crippen LogP contribution in [0.2, 0.25) is 13.3 Å². The van der Waals surface area contributed by atoms with Crippen molar-refractivity contribution in [1.82, 2.24) is 0 Å². The molecule has 3 aliphatic rings. The van der Waals surface area contributed by atoms with Gasteiger partial charge in [-0.2, -0.15) is 0 Å². The van der Waals surface area contributed by atoms with Gasteiger partial charge in [0, 0.05) is 0 Å². The van der Waals surface area contributed by atoms with Gasteiger partial charge in [0.1, 0.15) is 0 Å². The van der Waals surface area contributed by atoms with E-state index in [1.807, 2.05) is 0 Å². The Hall–Kier alpha value is 0.799. The fourth-order valence-electron chi connectivity index (χ4n) is 5.50. The molecule has 0 aliphatic heterocycles. The van der Waals surface area contributed by atoms with Crippen molar-refractivity contribution >= 4 is 19.8 Å². The van der Waals surface area contributed by atoms with Crippen molar-refractivity contribution in [3.63, 3.8) is 0 Å². The molecule has 0 radical (unpaired) electrons. The summed E-state index contributed by atoms with van der Waals surface area (Å²) in [5, 5.41) is 0. The first-order valence-corrected chi connectivity index (χ1v) is 16.8. The SMILES string of the molecule is C1CCC(C[CH2][Sn+]([CH2]CC2CCCC2)[CH2]CC2CCCC2)C1. The van der Waals surface area contributed by atoms with Gasteiger partial charge in [0.2, 0.25) is 0 Å². The molecule has 1 heteroatoms. The molecule has 3 rings (SSSR count). The van der Waals surface area contributed by atoms with Crippen molar-refractivity contribution in [2.24, 2.45) is 17.8 Å². The van der Waals surface area contributed by atoms with Gasteiger partial charge in [-0.15, -0.1) is 0 Å². The van der Waals surface area contributed by atoms with E-state index in [-0.39, 0.29) is 0 Å². The average Bonchev–Trinajstić information content (AvgIpc) is 3.29. The van der Waals surface area contributed by atoms with Crippen LogP contribution in [0.1, 0.15) is 96.3 Å². The van der Waals surface area contributed by atoms with Crippen LogP contribution in [0.3, 0.4) is 0 Å². The summed E-state index contributed by atoms with van der Waals surface area (Å²) in [5.74, 6) is 3.48. The van der Waals surface area contributed by atoms with E-state index in [1.54, 1.807) is 110 Å². The van der Waals surface area contributed by atoms with Gasteiger partial charge in [-0.05, 0) is 0 Å². The van der Waals surface area contributed by atoms with Crippen LogP contribution in [-0.2, 0) is 0 Å². The quantitative estimate of drug-likeness (QED) is 0.352. The minimum atomic E-state index is -1.02. The second-order valence-electron chi connectivity index (χ2n) is 8.82. The minimum absolute atomic E-state index is 1.02. The average molecular weight is 410 g/mol. The zero-order valence-electron chi connectivity index (χ0n) is 15.0. The third-order valence-electron chi connectivity index (χ3n) is 7.14. The van der Waals surface area contributed by atoms with E-state index >= 15 is 0 Å². The second-order valence-corrected chi connectivity index (χ2v) is 17.4. The van der Waals surface area contributed by atoms with Gasteiger partial charge in [-0.25, -0.2) is 0 Å². The van der Waals surface area contributed by atoms with E-state index in [9.17, 15) is 0 Å². The normalized spacial score (nSPS) is 24.5. The van der Waals surface area contributed by atoms with E-state index < -0.39 is 19.8 Å². The molecule has 0 unspecified atom stereocenters. The summed E-state index contributed by atoms with van der Waals surface area (Å²) in [5.41, 5.74) is 0. The van der Waals surface area contributed by atoms with E-state index in [4.69, 9.17) is 0 Å². The first kappa shape index (κ1) is 17.6. The number of hydrogen-bond donors (Lipinski definition) is 0. The predicted molar refractivity (Wildman–Crippen MR) is 99.9 cm³/mol. The monoisotopic (exact) mass is 411 g/mol. The van der Waals surface area contributed by atoms with Gasteiger partial charge in [-0.3, -0.25) is 0 Å². The molecule has 0 atom stereocenters. The van der Waals surface area contributed by atoms with Crippen LogP contribution < -0.4 is 0 Å². The summed E-state index contributed by atoms with van der Waals surface area (Å²) in [4.78, 5) is 0. The summed E-state index contributed by atoms with van der Waals surface area (Å²) in [7, 11) is 0. The van der Waals surface area contributed by atoms with Crippen LogP contribution >= 0.6 is 0 Å². The predicted octanol–water partition coefficient (Wildman–Crippen LogP) is 7.22. The third-order valence-corrected chi connectivity index (χ3v) is 15.7. The molecule has 0 amide bonds. The zero-order chi connectivity index (χ0) is 15.0. The third kappa shape index (κ3) is 6.02. The van der Waals surface area contributed by atoms with Gasteiger partial charge in [0.05, 0.1) is 0 Å². The fourth-order valence-corrected chi connectivity index (χ4v) is 14.6. The zero-order valence-corrected chi connectivity index (χ0v) is 17.8. The van der Waals surface area contributed by atoms with Crippen LogP contribution in [0, 0.1) is 17.8 Å². The van der Waals surface area contributed by atoms with Crippen molar-refractivity contribution < 1.29 is 0 Å². The molecule has 0 aromatic heterocycles. The molecule has 0 aromatic rings. The van der Waals surface area contributed by atoms with E-state index in [2.05, 4.69) is 0 Å². The Labute approximate surface area is 147 Å². The van der Waals surface area contributed by atoms with Crippen molar-refractivity contribution in [1.29, 1.82) is 0 Å². The van der Waals surface area contributed by atoms with Gasteiger partial charge in [0.25, 0.3) is 0 Å². The molecule has 0 aromatic carbocycles. The number of rotatable bonds is 9. The molecule has 0 N–H and O–H groups in total. The second kappa shape index (κ2) is 9.94. The topological polar surface area (TPSA) is 0 Å². The molecular weight excluding hydrogens is 371 g/mol. The van der Waals surface area contributed by atoms with Crippen molar-refractivity contribution in [2.45, 2.75) is 110 Å². The van der Waals surface area contributed by atoms with Gasteiger partial charge in [-0.1, -0.05) is 0 Å².